The zero-order chi connectivity index (χ0) is 16.9. The minimum atomic E-state index is -1.06. The standard InChI is InChI=1S/C22H14O3/c23-21-19-17-13-7-8-14-18(17)24-20(19)22(25-21,15-9-3-1-4-10-15)16-11-5-2-6-12-16/h1-14H. The fraction of sp³-hybridized carbons (Fsp3) is 0.0455. The molecule has 0 radical (unpaired) electrons. The molecule has 0 fully saturated rings. The summed E-state index contributed by atoms with van der Waals surface area (Å²) in [5.41, 5.74) is 1.89. The molecule has 5 rings (SSSR count). The summed E-state index contributed by atoms with van der Waals surface area (Å²) in [4.78, 5) is 12.8. The average Bonchev–Trinajstić information content (AvgIpc) is 3.20. The number of cyclic esters (lactones) is 1. The van der Waals surface area contributed by atoms with Gasteiger partial charge in [-0.25, -0.2) is 4.79 Å². The molecule has 0 spiro atoms. The van der Waals surface area contributed by atoms with Crippen molar-refractivity contribution < 1.29 is 13.9 Å². The number of ether oxygens (including phenoxy) is 1. The Bertz CT molecular complexity index is 1040. The van der Waals surface area contributed by atoms with Gasteiger partial charge in [-0.05, 0) is 6.07 Å². The Kier molecular flexibility index (Phi) is 2.86. The second-order valence-corrected chi connectivity index (χ2v) is 6.11. The number of hydrogen-bond donors (Lipinski definition) is 0. The van der Waals surface area contributed by atoms with Gasteiger partial charge in [-0.1, -0.05) is 78.9 Å². The number of carbonyl (C=O) groups is 1. The highest BCUT2D eigenvalue weighted by Gasteiger charge is 2.52. The Labute approximate surface area is 144 Å². The third kappa shape index (κ3) is 1.83. The molecule has 3 aromatic carbocycles. The van der Waals surface area contributed by atoms with E-state index in [1.54, 1.807) is 0 Å². The van der Waals surface area contributed by atoms with Crippen LogP contribution in [0.2, 0.25) is 0 Å². The summed E-state index contributed by atoms with van der Waals surface area (Å²) in [5, 5.41) is 0.788. The van der Waals surface area contributed by atoms with Crippen molar-refractivity contribution >= 4 is 16.9 Å². The highest BCUT2D eigenvalue weighted by atomic mass is 16.6. The Balaban J connectivity index is 1.90. The molecular formula is C22H14O3. The van der Waals surface area contributed by atoms with Crippen LogP contribution in [0.4, 0.5) is 0 Å². The van der Waals surface area contributed by atoms with Gasteiger partial charge in [0.25, 0.3) is 0 Å². The van der Waals surface area contributed by atoms with E-state index >= 15 is 0 Å². The quantitative estimate of drug-likeness (QED) is 0.492. The Morgan fingerprint density at radius 3 is 1.88 bits per heavy atom. The van der Waals surface area contributed by atoms with E-state index in [2.05, 4.69) is 0 Å². The van der Waals surface area contributed by atoms with Crippen molar-refractivity contribution in [2.24, 2.45) is 0 Å². The summed E-state index contributed by atoms with van der Waals surface area (Å²) >= 11 is 0. The number of carbonyl (C=O) groups excluding carboxylic acids is 1. The summed E-state index contributed by atoms with van der Waals surface area (Å²) < 4.78 is 12.2. The number of para-hydroxylation sites is 1. The monoisotopic (exact) mass is 326 g/mol. The van der Waals surface area contributed by atoms with Gasteiger partial charge < -0.3 is 9.15 Å². The lowest BCUT2D eigenvalue weighted by Crippen LogP contribution is -2.29. The molecule has 0 bridgehead atoms. The lowest BCUT2D eigenvalue weighted by Gasteiger charge is -2.28. The second kappa shape index (κ2) is 5.08. The fourth-order valence-corrected chi connectivity index (χ4v) is 3.62. The minimum absolute atomic E-state index is 0.354. The summed E-state index contributed by atoms with van der Waals surface area (Å²) in [6, 6.07) is 27.1. The van der Waals surface area contributed by atoms with Crippen LogP contribution < -0.4 is 0 Å². The largest absolute Gasteiger partial charge is 0.455 e. The van der Waals surface area contributed by atoms with Crippen molar-refractivity contribution in [3.8, 4) is 0 Å². The molecule has 0 atom stereocenters. The third-order valence-corrected chi connectivity index (χ3v) is 4.73. The number of furan rings is 1. The molecule has 0 saturated carbocycles. The molecule has 25 heavy (non-hydrogen) atoms. The normalized spacial score (nSPS) is 15.1. The van der Waals surface area contributed by atoms with E-state index < -0.39 is 5.60 Å². The molecule has 0 unspecified atom stereocenters. The van der Waals surface area contributed by atoms with Crippen LogP contribution in [-0.2, 0) is 10.3 Å². The second-order valence-electron chi connectivity index (χ2n) is 6.11. The third-order valence-electron chi connectivity index (χ3n) is 4.73. The van der Waals surface area contributed by atoms with E-state index in [0.29, 0.717) is 16.9 Å². The number of esters is 1. The molecular weight excluding hydrogens is 312 g/mol. The number of rotatable bonds is 2. The molecule has 0 amide bonds. The van der Waals surface area contributed by atoms with E-state index in [1.807, 2.05) is 84.9 Å². The van der Waals surface area contributed by atoms with E-state index in [1.165, 1.54) is 0 Å². The van der Waals surface area contributed by atoms with Crippen molar-refractivity contribution in [3.63, 3.8) is 0 Å². The first-order chi connectivity index (χ1) is 12.3. The van der Waals surface area contributed by atoms with Gasteiger partial charge >= 0.3 is 5.97 Å². The van der Waals surface area contributed by atoms with Crippen LogP contribution in [0.15, 0.2) is 89.3 Å². The summed E-state index contributed by atoms with van der Waals surface area (Å²) in [7, 11) is 0. The summed E-state index contributed by atoms with van der Waals surface area (Å²) in [6.45, 7) is 0. The maximum atomic E-state index is 12.8. The highest BCUT2D eigenvalue weighted by Crippen LogP contribution is 2.49. The average molecular weight is 326 g/mol. The molecule has 0 aliphatic carbocycles. The van der Waals surface area contributed by atoms with E-state index in [0.717, 1.165) is 16.5 Å². The zero-order valence-electron chi connectivity index (χ0n) is 13.3. The first-order valence-electron chi connectivity index (χ1n) is 8.17. The van der Waals surface area contributed by atoms with Gasteiger partial charge in [-0.2, -0.15) is 0 Å². The van der Waals surface area contributed by atoms with Crippen LogP contribution in [0.5, 0.6) is 0 Å². The summed E-state index contributed by atoms with van der Waals surface area (Å²) in [6.07, 6.45) is 0. The lowest BCUT2D eigenvalue weighted by atomic mass is 9.84. The molecule has 2 heterocycles. The van der Waals surface area contributed by atoms with Gasteiger partial charge in [0.05, 0.1) is 0 Å². The van der Waals surface area contributed by atoms with Gasteiger partial charge in [0.1, 0.15) is 11.1 Å². The highest BCUT2D eigenvalue weighted by molar-refractivity contribution is 6.07. The Morgan fingerprint density at radius 2 is 1.24 bits per heavy atom. The molecule has 4 aromatic rings. The predicted molar refractivity (Wildman–Crippen MR) is 94.4 cm³/mol. The van der Waals surface area contributed by atoms with Crippen LogP contribution in [0.25, 0.3) is 11.0 Å². The summed E-state index contributed by atoms with van der Waals surface area (Å²) in [5.74, 6) is 0.198. The smallest absolute Gasteiger partial charge is 0.344 e. The molecule has 1 aliphatic heterocycles. The Morgan fingerprint density at radius 1 is 0.680 bits per heavy atom. The van der Waals surface area contributed by atoms with Crippen molar-refractivity contribution in [1.82, 2.24) is 0 Å². The van der Waals surface area contributed by atoms with Gasteiger partial charge in [-0.3, -0.25) is 0 Å². The van der Waals surface area contributed by atoms with Crippen LogP contribution in [-0.4, -0.2) is 5.97 Å². The zero-order valence-corrected chi connectivity index (χ0v) is 13.3. The molecule has 0 N–H and O–H groups in total. The van der Waals surface area contributed by atoms with Crippen molar-refractivity contribution in [2.45, 2.75) is 5.60 Å². The van der Waals surface area contributed by atoms with E-state index in [4.69, 9.17) is 9.15 Å². The van der Waals surface area contributed by atoms with Crippen LogP contribution >= 0.6 is 0 Å². The predicted octanol–water partition coefficient (Wildman–Crippen LogP) is 4.90. The number of benzene rings is 3. The Hall–Kier alpha value is -3.33. The number of fused-ring (bicyclic) bond motifs is 3. The van der Waals surface area contributed by atoms with E-state index in [-0.39, 0.29) is 5.97 Å². The molecule has 1 aromatic heterocycles. The number of hydrogen-bond acceptors (Lipinski definition) is 3. The first-order valence-corrected chi connectivity index (χ1v) is 8.17. The van der Waals surface area contributed by atoms with Gasteiger partial charge in [0.15, 0.2) is 5.76 Å². The molecule has 0 saturated heterocycles. The topological polar surface area (TPSA) is 39.4 Å². The van der Waals surface area contributed by atoms with Crippen molar-refractivity contribution in [2.75, 3.05) is 0 Å². The first kappa shape index (κ1) is 14.1. The SMILES string of the molecule is O=C1OC(c2ccccc2)(c2ccccc2)c2oc3ccccc3c21. The van der Waals surface area contributed by atoms with Gasteiger partial charge in [0, 0.05) is 16.5 Å². The van der Waals surface area contributed by atoms with Crippen LogP contribution in [0.3, 0.4) is 0 Å². The maximum Gasteiger partial charge on any atom is 0.344 e. The van der Waals surface area contributed by atoms with Gasteiger partial charge in [-0.15, -0.1) is 0 Å². The molecule has 3 nitrogen and oxygen atoms in total. The molecule has 1 aliphatic rings. The van der Waals surface area contributed by atoms with Crippen molar-refractivity contribution in [3.05, 3.63) is 107 Å². The van der Waals surface area contributed by atoms with Crippen LogP contribution in [0.1, 0.15) is 27.2 Å². The minimum Gasteiger partial charge on any atom is -0.455 e. The fourth-order valence-electron chi connectivity index (χ4n) is 3.62. The van der Waals surface area contributed by atoms with Crippen molar-refractivity contribution in [1.29, 1.82) is 0 Å². The maximum absolute atomic E-state index is 12.8. The van der Waals surface area contributed by atoms with E-state index in [9.17, 15) is 4.79 Å². The van der Waals surface area contributed by atoms with Crippen LogP contribution in [0, 0.1) is 0 Å². The lowest BCUT2D eigenvalue weighted by molar-refractivity contribution is 0.0205. The van der Waals surface area contributed by atoms with Gasteiger partial charge in [0.2, 0.25) is 5.60 Å². The molecule has 120 valence electrons. The molecule has 3 heteroatoms.